The van der Waals surface area contributed by atoms with Crippen LogP contribution >= 0.6 is 0 Å². The van der Waals surface area contributed by atoms with Crippen LogP contribution in [-0.4, -0.2) is 56.3 Å². The van der Waals surface area contributed by atoms with Gasteiger partial charge in [0.1, 0.15) is 10.6 Å². The molecule has 162 valence electrons. The maximum Gasteiger partial charge on any atom is 0.260 e. The fraction of sp³-hybridized carbons (Fsp3) is 0.350. The Morgan fingerprint density at radius 3 is 2.30 bits per heavy atom. The minimum atomic E-state index is -4.36. The Kier molecular flexibility index (Phi) is 6.37. The molecule has 1 heterocycles. The maximum atomic E-state index is 13.9. The summed E-state index contributed by atoms with van der Waals surface area (Å²) >= 11 is 0. The molecular weight excluding hydrogens is 421 g/mol. The van der Waals surface area contributed by atoms with E-state index in [1.807, 2.05) is 26.0 Å². The van der Waals surface area contributed by atoms with Gasteiger partial charge in [0.15, 0.2) is 24.1 Å². The number of aryl methyl sites for hydroxylation is 2. The molecule has 3 rings (SSSR count). The van der Waals surface area contributed by atoms with Crippen molar-refractivity contribution in [2.75, 3.05) is 32.8 Å². The van der Waals surface area contributed by atoms with Gasteiger partial charge in [-0.25, -0.2) is 21.6 Å². The summed E-state index contributed by atoms with van der Waals surface area (Å²) < 4.78 is 72.1. The molecule has 2 aromatic rings. The molecule has 0 atom stereocenters. The summed E-state index contributed by atoms with van der Waals surface area (Å²) in [7, 11) is -4.36. The molecular formula is C20H21F3N2O4S. The van der Waals surface area contributed by atoms with E-state index >= 15 is 0 Å². The number of carbonyl (C=O) groups is 1. The quantitative estimate of drug-likeness (QED) is 0.668. The first-order chi connectivity index (χ1) is 14.1. The molecule has 1 amide bonds. The second-order valence-electron chi connectivity index (χ2n) is 7.02. The molecule has 10 heteroatoms. The number of piperazine rings is 1. The third-order valence-electron chi connectivity index (χ3n) is 4.89. The number of carbonyl (C=O) groups excluding carboxylic acids is 1. The van der Waals surface area contributed by atoms with Gasteiger partial charge in [-0.3, -0.25) is 4.79 Å². The Morgan fingerprint density at radius 1 is 1.00 bits per heavy atom. The molecule has 0 aromatic heterocycles. The Labute approximate surface area is 172 Å². The van der Waals surface area contributed by atoms with Gasteiger partial charge in [-0.15, -0.1) is 0 Å². The molecule has 0 bridgehead atoms. The van der Waals surface area contributed by atoms with E-state index in [1.54, 1.807) is 6.07 Å². The molecule has 1 aliphatic heterocycles. The van der Waals surface area contributed by atoms with Crippen LogP contribution < -0.4 is 4.74 Å². The van der Waals surface area contributed by atoms with Crippen LogP contribution in [0.3, 0.4) is 0 Å². The first-order valence-corrected chi connectivity index (χ1v) is 10.7. The van der Waals surface area contributed by atoms with Crippen LogP contribution in [0.15, 0.2) is 35.2 Å². The average molecular weight is 442 g/mol. The molecule has 1 fully saturated rings. The van der Waals surface area contributed by atoms with Crippen molar-refractivity contribution in [1.29, 1.82) is 0 Å². The SMILES string of the molecule is Cc1ccc(OCC(=O)N2CCN(S(=O)(=O)c3ccc(F)c(F)c3F)CC2)c(C)c1. The van der Waals surface area contributed by atoms with Gasteiger partial charge in [0, 0.05) is 26.2 Å². The van der Waals surface area contributed by atoms with Crippen molar-refractivity contribution < 1.29 is 31.1 Å². The summed E-state index contributed by atoms with van der Waals surface area (Å²) in [4.78, 5) is 12.9. The van der Waals surface area contributed by atoms with E-state index in [-0.39, 0.29) is 38.7 Å². The van der Waals surface area contributed by atoms with Crippen LogP contribution in [0.25, 0.3) is 0 Å². The van der Waals surface area contributed by atoms with Crippen LogP contribution in [0.2, 0.25) is 0 Å². The fourth-order valence-corrected chi connectivity index (χ4v) is 4.69. The predicted molar refractivity (Wildman–Crippen MR) is 103 cm³/mol. The topological polar surface area (TPSA) is 66.9 Å². The van der Waals surface area contributed by atoms with E-state index in [0.29, 0.717) is 17.9 Å². The van der Waals surface area contributed by atoms with Crippen molar-refractivity contribution in [3.8, 4) is 5.75 Å². The van der Waals surface area contributed by atoms with Crippen molar-refractivity contribution >= 4 is 15.9 Å². The molecule has 0 spiro atoms. The zero-order valence-corrected chi connectivity index (χ0v) is 17.3. The standard InChI is InChI=1S/C20H21F3N2O4S/c1-13-3-5-16(14(2)11-13)29-12-18(26)24-7-9-25(10-8-24)30(27,28)17-6-4-15(21)19(22)20(17)23/h3-6,11H,7-10,12H2,1-2H3. The molecule has 0 N–H and O–H groups in total. The molecule has 0 saturated carbocycles. The normalized spacial score (nSPS) is 15.3. The smallest absolute Gasteiger partial charge is 0.260 e. The third-order valence-corrected chi connectivity index (χ3v) is 6.81. The van der Waals surface area contributed by atoms with E-state index < -0.39 is 32.4 Å². The fourth-order valence-electron chi connectivity index (χ4n) is 3.22. The Hall–Kier alpha value is -2.59. The van der Waals surface area contributed by atoms with Crippen LogP contribution in [-0.2, 0) is 14.8 Å². The lowest BCUT2D eigenvalue weighted by Crippen LogP contribution is -2.51. The molecule has 30 heavy (non-hydrogen) atoms. The number of hydrogen-bond acceptors (Lipinski definition) is 4. The molecule has 1 saturated heterocycles. The molecule has 6 nitrogen and oxygen atoms in total. The number of nitrogens with zero attached hydrogens (tertiary/aromatic N) is 2. The van der Waals surface area contributed by atoms with Gasteiger partial charge < -0.3 is 9.64 Å². The summed E-state index contributed by atoms with van der Waals surface area (Å²) in [5.41, 5.74) is 1.97. The van der Waals surface area contributed by atoms with Crippen molar-refractivity contribution in [3.05, 3.63) is 58.9 Å². The average Bonchev–Trinajstić information content (AvgIpc) is 2.71. The Bertz CT molecular complexity index is 1070. The third kappa shape index (κ3) is 4.44. The summed E-state index contributed by atoms with van der Waals surface area (Å²) in [5, 5.41) is 0. The monoisotopic (exact) mass is 442 g/mol. The second-order valence-corrected chi connectivity index (χ2v) is 8.92. The Morgan fingerprint density at radius 2 is 1.67 bits per heavy atom. The van der Waals surface area contributed by atoms with Crippen molar-refractivity contribution in [2.45, 2.75) is 18.7 Å². The van der Waals surface area contributed by atoms with E-state index in [9.17, 15) is 26.4 Å². The number of benzene rings is 2. The van der Waals surface area contributed by atoms with Crippen LogP contribution in [0.5, 0.6) is 5.75 Å². The van der Waals surface area contributed by atoms with Gasteiger partial charge in [0.2, 0.25) is 10.0 Å². The number of amides is 1. The number of rotatable bonds is 5. The van der Waals surface area contributed by atoms with Crippen LogP contribution in [0.4, 0.5) is 13.2 Å². The van der Waals surface area contributed by atoms with Crippen LogP contribution in [0.1, 0.15) is 11.1 Å². The van der Waals surface area contributed by atoms with E-state index in [4.69, 9.17) is 4.74 Å². The second kappa shape index (κ2) is 8.65. The van der Waals surface area contributed by atoms with E-state index in [0.717, 1.165) is 15.4 Å². The highest BCUT2D eigenvalue weighted by atomic mass is 32.2. The molecule has 0 aliphatic carbocycles. The highest BCUT2D eigenvalue weighted by molar-refractivity contribution is 7.89. The van der Waals surface area contributed by atoms with Gasteiger partial charge in [-0.05, 0) is 37.6 Å². The zero-order chi connectivity index (χ0) is 22.1. The maximum absolute atomic E-state index is 13.9. The Balaban J connectivity index is 1.61. The van der Waals surface area contributed by atoms with E-state index in [1.165, 1.54) is 4.90 Å². The lowest BCUT2D eigenvalue weighted by molar-refractivity contribution is -0.134. The lowest BCUT2D eigenvalue weighted by atomic mass is 10.1. The van der Waals surface area contributed by atoms with Crippen molar-refractivity contribution in [1.82, 2.24) is 9.21 Å². The lowest BCUT2D eigenvalue weighted by Gasteiger charge is -2.34. The number of hydrogen-bond donors (Lipinski definition) is 0. The molecule has 0 unspecified atom stereocenters. The molecule has 1 aliphatic rings. The minimum Gasteiger partial charge on any atom is -0.484 e. The van der Waals surface area contributed by atoms with Crippen molar-refractivity contribution in [2.24, 2.45) is 0 Å². The van der Waals surface area contributed by atoms with Gasteiger partial charge in [0.05, 0.1) is 0 Å². The summed E-state index contributed by atoms with van der Waals surface area (Å²) in [6, 6.07) is 6.83. The number of ether oxygens (including phenoxy) is 1. The first kappa shape index (κ1) is 22.1. The van der Waals surface area contributed by atoms with Gasteiger partial charge >= 0.3 is 0 Å². The van der Waals surface area contributed by atoms with Crippen LogP contribution in [0, 0.1) is 31.3 Å². The number of sulfonamides is 1. The highest BCUT2D eigenvalue weighted by Crippen LogP contribution is 2.24. The summed E-state index contributed by atoms with van der Waals surface area (Å²) in [5.74, 6) is -4.79. The zero-order valence-electron chi connectivity index (χ0n) is 16.5. The molecule has 0 radical (unpaired) electrons. The van der Waals surface area contributed by atoms with E-state index in [2.05, 4.69) is 0 Å². The van der Waals surface area contributed by atoms with Gasteiger partial charge in [0.25, 0.3) is 5.91 Å². The summed E-state index contributed by atoms with van der Waals surface area (Å²) in [6.07, 6.45) is 0. The van der Waals surface area contributed by atoms with Gasteiger partial charge in [-0.1, -0.05) is 17.7 Å². The predicted octanol–water partition coefficient (Wildman–Crippen LogP) is 2.63. The largest absolute Gasteiger partial charge is 0.484 e. The first-order valence-electron chi connectivity index (χ1n) is 9.22. The summed E-state index contributed by atoms with van der Waals surface area (Å²) in [6.45, 7) is 3.55. The van der Waals surface area contributed by atoms with Gasteiger partial charge in [-0.2, -0.15) is 4.31 Å². The molecule has 2 aromatic carbocycles. The van der Waals surface area contributed by atoms with Crippen molar-refractivity contribution in [3.63, 3.8) is 0 Å². The minimum absolute atomic E-state index is 0.0690. The number of halogens is 3. The highest BCUT2D eigenvalue weighted by Gasteiger charge is 2.33.